The number of aliphatic imine (C=N–C) groups is 1. The molecule has 1 atom stereocenters. The molecule has 0 saturated heterocycles. The zero-order valence-corrected chi connectivity index (χ0v) is 14.6. The number of nitrogens with zero attached hydrogens (tertiary/aromatic N) is 1. The van der Waals surface area contributed by atoms with Crippen molar-refractivity contribution < 1.29 is 9.21 Å². The molecular weight excluding hydrogens is 369 g/mol. The minimum absolute atomic E-state index is 0.274. The number of hydrogen-bond acceptors (Lipinski definition) is 4. The molecule has 1 aromatic carbocycles. The van der Waals surface area contributed by atoms with E-state index in [9.17, 15) is 4.79 Å². The number of benzene rings is 1. The Morgan fingerprint density at radius 3 is 2.67 bits per heavy atom. The first-order valence-corrected chi connectivity index (χ1v) is 8.13. The number of furan rings is 1. The fourth-order valence-electron chi connectivity index (χ4n) is 2.63. The zero-order valence-electron chi connectivity index (χ0n) is 12.9. The molecule has 1 amide bonds. The van der Waals surface area contributed by atoms with Crippen LogP contribution in [0.2, 0.25) is 0 Å². The summed E-state index contributed by atoms with van der Waals surface area (Å²) in [4.78, 5) is 17.2. The first-order valence-electron chi connectivity index (χ1n) is 7.28. The molecule has 1 radical (unpaired) electrons. The molecule has 2 aromatic rings. The Morgan fingerprint density at radius 2 is 2.04 bits per heavy atom. The van der Waals surface area contributed by atoms with Gasteiger partial charge in [-0.1, -0.05) is 0 Å². The predicted octanol–water partition coefficient (Wildman–Crippen LogP) is 3.03. The van der Waals surface area contributed by atoms with Crippen molar-refractivity contribution in [3.8, 4) is 0 Å². The average molecular weight is 383 g/mol. The van der Waals surface area contributed by atoms with Crippen molar-refractivity contribution in [3.05, 3.63) is 71.3 Å². The SMILES string of the molecule is CC1=C(C(=O)Nc2ccccc2)C(c2ccco2)C(=C=N)C([Se])=N1. The van der Waals surface area contributed by atoms with Gasteiger partial charge in [-0.15, -0.1) is 0 Å². The second-order valence-corrected chi connectivity index (χ2v) is 6.03. The van der Waals surface area contributed by atoms with Crippen LogP contribution in [-0.4, -0.2) is 32.4 Å². The number of amides is 1. The maximum absolute atomic E-state index is 12.9. The van der Waals surface area contributed by atoms with Gasteiger partial charge in [0, 0.05) is 0 Å². The second-order valence-electron chi connectivity index (χ2n) is 5.22. The van der Waals surface area contributed by atoms with Gasteiger partial charge in [-0.05, 0) is 0 Å². The average Bonchev–Trinajstić information content (AvgIpc) is 3.09. The van der Waals surface area contributed by atoms with E-state index in [1.165, 1.54) is 0 Å². The Labute approximate surface area is 147 Å². The predicted molar refractivity (Wildman–Crippen MR) is 93.6 cm³/mol. The standard InChI is InChI=1S/C18H14N3O2Se/c1-11-15(17(22)21-12-6-3-2-4-7-12)16(14-8-5-9-23-14)13(10-19)18(24)20-11/h2-9,16,19H,1H3,(H,21,22). The van der Waals surface area contributed by atoms with Crippen LogP contribution in [0.4, 0.5) is 5.69 Å². The Morgan fingerprint density at radius 1 is 1.29 bits per heavy atom. The first-order chi connectivity index (χ1) is 11.6. The molecule has 0 aliphatic carbocycles. The van der Waals surface area contributed by atoms with Gasteiger partial charge in [0.25, 0.3) is 0 Å². The third-order valence-electron chi connectivity index (χ3n) is 3.71. The topological polar surface area (TPSA) is 78.5 Å². The van der Waals surface area contributed by atoms with E-state index in [0.717, 1.165) is 0 Å². The normalized spacial score (nSPS) is 17.3. The maximum atomic E-state index is 12.9. The van der Waals surface area contributed by atoms with Crippen molar-refractivity contribution in [2.75, 3.05) is 5.32 Å². The van der Waals surface area contributed by atoms with E-state index in [0.29, 0.717) is 32.9 Å². The van der Waals surface area contributed by atoms with E-state index in [1.54, 1.807) is 25.3 Å². The summed E-state index contributed by atoms with van der Waals surface area (Å²) in [5.74, 6) is 2.17. The van der Waals surface area contributed by atoms with Crippen LogP contribution in [0.25, 0.3) is 0 Å². The molecule has 1 unspecified atom stereocenters. The quantitative estimate of drug-likeness (QED) is 0.631. The van der Waals surface area contributed by atoms with Crippen LogP contribution in [0.5, 0.6) is 0 Å². The van der Waals surface area contributed by atoms with E-state index in [-0.39, 0.29) is 5.91 Å². The number of nitrogens with one attached hydrogen (secondary N) is 2. The van der Waals surface area contributed by atoms with E-state index >= 15 is 0 Å². The Balaban J connectivity index is 2.06. The Bertz CT molecular complexity index is 876. The number of rotatable bonds is 3. The van der Waals surface area contributed by atoms with Gasteiger partial charge in [-0.3, -0.25) is 0 Å². The Hall–Kier alpha value is -2.65. The molecular formula is C18H14N3O2Se. The first kappa shape index (κ1) is 16.2. The minimum atomic E-state index is -0.519. The summed E-state index contributed by atoms with van der Waals surface area (Å²) in [7, 11) is 0. The number of hydrogen-bond donors (Lipinski definition) is 2. The molecule has 1 aliphatic rings. The molecule has 0 spiro atoms. The van der Waals surface area contributed by atoms with E-state index < -0.39 is 5.92 Å². The summed E-state index contributed by atoms with van der Waals surface area (Å²) >= 11 is 2.83. The molecule has 0 bridgehead atoms. The molecule has 0 saturated carbocycles. The van der Waals surface area contributed by atoms with Gasteiger partial charge >= 0.3 is 147 Å². The summed E-state index contributed by atoms with van der Waals surface area (Å²) in [5.41, 5.74) is 2.20. The van der Waals surface area contributed by atoms with Crippen LogP contribution < -0.4 is 5.32 Å². The molecule has 2 N–H and O–H groups in total. The summed E-state index contributed by atoms with van der Waals surface area (Å²) < 4.78 is 6.05. The van der Waals surface area contributed by atoms with Gasteiger partial charge in [-0.2, -0.15) is 0 Å². The van der Waals surface area contributed by atoms with Gasteiger partial charge < -0.3 is 0 Å². The molecule has 1 aromatic heterocycles. The molecule has 2 heterocycles. The van der Waals surface area contributed by atoms with Crippen molar-refractivity contribution in [3.63, 3.8) is 0 Å². The van der Waals surface area contributed by atoms with Gasteiger partial charge in [0.15, 0.2) is 0 Å². The fraction of sp³-hybridized carbons (Fsp3) is 0.111. The van der Waals surface area contributed by atoms with Crippen molar-refractivity contribution in [2.24, 2.45) is 4.99 Å². The molecule has 6 heteroatoms. The van der Waals surface area contributed by atoms with Crippen LogP contribution in [0.3, 0.4) is 0 Å². The van der Waals surface area contributed by atoms with Gasteiger partial charge in [0.1, 0.15) is 0 Å². The zero-order chi connectivity index (χ0) is 17.1. The van der Waals surface area contributed by atoms with E-state index in [4.69, 9.17) is 9.83 Å². The third-order valence-corrected chi connectivity index (χ3v) is 4.36. The van der Waals surface area contributed by atoms with Crippen LogP contribution >= 0.6 is 0 Å². The second kappa shape index (κ2) is 6.85. The summed E-state index contributed by atoms with van der Waals surface area (Å²) in [6.45, 7) is 1.77. The van der Waals surface area contributed by atoms with Crippen molar-refractivity contribution in [1.82, 2.24) is 0 Å². The van der Waals surface area contributed by atoms with E-state index in [1.807, 2.05) is 30.3 Å². The number of anilines is 1. The number of para-hydroxylation sites is 1. The number of carbonyl (C=O) groups excluding carboxylic acids is 1. The Kier molecular flexibility index (Phi) is 4.63. The van der Waals surface area contributed by atoms with Crippen LogP contribution in [0, 0.1) is 5.41 Å². The van der Waals surface area contributed by atoms with Crippen LogP contribution in [-0.2, 0) is 4.79 Å². The van der Waals surface area contributed by atoms with E-state index in [2.05, 4.69) is 32.2 Å². The molecule has 0 fully saturated rings. The summed E-state index contributed by atoms with van der Waals surface area (Å²) in [5, 5.41) is 10.5. The molecule has 24 heavy (non-hydrogen) atoms. The number of carbonyl (C=O) groups is 1. The third kappa shape index (κ3) is 3.03. The summed E-state index contributed by atoms with van der Waals surface area (Å²) in [6.07, 6.45) is 1.55. The molecule has 5 nitrogen and oxygen atoms in total. The fourth-order valence-corrected chi connectivity index (χ4v) is 3.27. The van der Waals surface area contributed by atoms with Crippen LogP contribution in [0.15, 0.2) is 75.0 Å². The number of allylic oxidation sites excluding steroid dienone is 2. The van der Waals surface area contributed by atoms with Crippen molar-refractivity contribution >= 4 is 38.1 Å². The van der Waals surface area contributed by atoms with Gasteiger partial charge in [-0.25, -0.2) is 0 Å². The summed E-state index contributed by atoms with van der Waals surface area (Å²) in [6, 6.07) is 12.7. The van der Waals surface area contributed by atoms with Gasteiger partial charge in [0.2, 0.25) is 0 Å². The van der Waals surface area contributed by atoms with Crippen molar-refractivity contribution in [1.29, 1.82) is 5.41 Å². The molecule has 3 rings (SSSR count). The van der Waals surface area contributed by atoms with Gasteiger partial charge in [0.05, 0.1) is 0 Å². The molecule has 119 valence electrons. The van der Waals surface area contributed by atoms with Crippen LogP contribution in [0.1, 0.15) is 18.6 Å². The van der Waals surface area contributed by atoms with Crippen molar-refractivity contribution in [2.45, 2.75) is 12.8 Å². The monoisotopic (exact) mass is 384 g/mol. The molecule has 1 aliphatic heterocycles.